The highest BCUT2D eigenvalue weighted by molar-refractivity contribution is 7.17. The van der Waals surface area contributed by atoms with E-state index >= 15 is 0 Å². The van der Waals surface area contributed by atoms with E-state index in [9.17, 15) is 9.36 Å². The number of carbonyl (C=O) groups is 1. The SMILES string of the molecule is C=C(C)C(=O)OC(CCCO[PH+]=O)(c1ccccc1)c1ccccc1. The number of esters is 1. The first-order valence-electron chi connectivity index (χ1n) is 8.09. The summed E-state index contributed by atoms with van der Waals surface area (Å²) in [6.07, 6.45) is 1.09. The van der Waals surface area contributed by atoms with Crippen LogP contribution in [0, 0.1) is 0 Å². The van der Waals surface area contributed by atoms with E-state index < -0.39 is 20.3 Å². The lowest BCUT2D eigenvalue weighted by molar-refractivity contribution is -0.152. The molecule has 2 rings (SSSR count). The molecule has 25 heavy (non-hydrogen) atoms. The first-order valence-corrected chi connectivity index (χ1v) is 8.90. The standard InChI is InChI=1S/C20H22O4P/c1-16(2)19(21)24-20(14-9-15-23-25-22,17-10-5-3-6-11-17)18-12-7-4-8-13-18/h3-8,10-13,25H,1,9,14-15H2,2H3/q+1. The van der Waals surface area contributed by atoms with Crippen LogP contribution in [0.1, 0.15) is 30.9 Å². The molecule has 0 fully saturated rings. The number of rotatable bonds is 9. The third-order valence-corrected chi connectivity index (χ3v) is 4.25. The lowest BCUT2D eigenvalue weighted by atomic mass is 9.82. The van der Waals surface area contributed by atoms with E-state index in [4.69, 9.17) is 9.26 Å². The van der Waals surface area contributed by atoms with Crippen molar-refractivity contribution in [1.29, 1.82) is 0 Å². The van der Waals surface area contributed by atoms with Crippen LogP contribution in [0.5, 0.6) is 0 Å². The average Bonchev–Trinajstić information content (AvgIpc) is 2.65. The molecule has 0 saturated heterocycles. The zero-order valence-electron chi connectivity index (χ0n) is 14.2. The molecule has 2 aromatic rings. The number of benzene rings is 2. The molecular weight excluding hydrogens is 335 g/mol. The Morgan fingerprint density at radius 2 is 1.56 bits per heavy atom. The van der Waals surface area contributed by atoms with Gasteiger partial charge in [-0.05, 0) is 24.3 Å². The average molecular weight is 357 g/mol. The Bertz CT molecular complexity index is 673. The molecule has 2 aromatic carbocycles. The molecular formula is C20H22O4P+. The molecule has 0 aliphatic heterocycles. The van der Waals surface area contributed by atoms with Gasteiger partial charge in [0.15, 0.2) is 5.60 Å². The first kappa shape index (κ1) is 19.0. The predicted octanol–water partition coefficient (Wildman–Crippen LogP) is 4.79. The molecule has 0 N–H and O–H groups in total. The highest BCUT2D eigenvalue weighted by Gasteiger charge is 2.38. The summed E-state index contributed by atoms with van der Waals surface area (Å²) in [5.41, 5.74) is 1.14. The van der Waals surface area contributed by atoms with Gasteiger partial charge in [-0.25, -0.2) is 4.79 Å². The van der Waals surface area contributed by atoms with Gasteiger partial charge < -0.3 is 4.74 Å². The fourth-order valence-electron chi connectivity index (χ4n) is 2.72. The fourth-order valence-corrected chi connectivity index (χ4v) is 2.95. The maximum Gasteiger partial charge on any atom is 0.494 e. The summed E-state index contributed by atoms with van der Waals surface area (Å²) < 4.78 is 21.5. The molecule has 130 valence electrons. The monoisotopic (exact) mass is 357 g/mol. The van der Waals surface area contributed by atoms with E-state index in [1.54, 1.807) is 6.92 Å². The maximum absolute atomic E-state index is 12.4. The zero-order chi connectivity index (χ0) is 18.1. The molecule has 4 nitrogen and oxygen atoms in total. The van der Waals surface area contributed by atoms with Crippen molar-refractivity contribution >= 4 is 14.7 Å². The molecule has 0 spiro atoms. The summed E-state index contributed by atoms with van der Waals surface area (Å²) in [4.78, 5) is 12.4. The second-order valence-corrected chi connectivity index (χ2v) is 6.22. The van der Waals surface area contributed by atoms with Crippen molar-refractivity contribution in [2.24, 2.45) is 0 Å². The molecule has 0 aliphatic carbocycles. The van der Waals surface area contributed by atoms with E-state index in [1.165, 1.54) is 0 Å². The lowest BCUT2D eigenvalue weighted by Gasteiger charge is -2.34. The van der Waals surface area contributed by atoms with Gasteiger partial charge in [-0.3, -0.25) is 0 Å². The minimum atomic E-state index is -0.950. The summed E-state index contributed by atoms with van der Waals surface area (Å²) in [6.45, 7) is 5.65. The molecule has 0 saturated carbocycles. The Hall–Kier alpha value is -2.29. The van der Waals surface area contributed by atoms with Crippen molar-refractivity contribution in [3.63, 3.8) is 0 Å². The third kappa shape index (κ3) is 4.85. The van der Waals surface area contributed by atoms with Gasteiger partial charge >= 0.3 is 14.7 Å². The largest absolute Gasteiger partial charge is 0.494 e. The summed E-state index contributed by atoms with van der Waals surface area (Å²) in [7, 11) is -0.796. The zero-order valence-corrected chi connectivity index (χ0v) is 15.2. The number of hydrogen-bond donors (Lipinski definition) is 0. The second kappa shape index (κ2) is 9.26. The van der Waals surface area contributed by atoms with Crippen LogP contribution >= 0.6 is 8.69 Å². The minimum Gasteiger partial charge on any atom is -0.446 e. The molecule has 0 radical (unpaired) electrons. The van der Waals surface area contributed by atoms with Gasteiger partial charge in [-0.2, -0.15) is 0 Å². The van der Waals surface area contributed by atoms with Gasteiger partial charge in [0.05, 0.1) is 0 Å². The van der Waals surface area contributed by atoms with Crippen LogP contribution in [0.25, 0.3) is 0 Å². The molecule has 0 aliphatic rings. The van der Waals surface area contributed by atoms with Gasteiger partial charge in [0.25, 0.3) is 0 Å². The van der Waals surface area contributed by atoms with Gasteiger partial charge in [-0.15, -0.1) is 4.52 Å². The van der Waals surface area contributed by atoms with Crippen molar-refractivity contribution in [2.45, 2.75) is 25.4 Å². The Morgan fingerprint density at radius 1 is 1.04 bits per heavy atom. The highest BCUT2D eigenvalue weighted by atomic mass is 31.1. The van der Waals surface area contributed by atoms with E-state index in [0.29, 0.717) is 25.0 Å². The van der Waals surface area contributed by atoms with Gasteiger partial charge in [-0.1, -0.05) is 67.2 Å². The number of carbonyl (C=O) groups excluding carboxylic acids is 1. The Kier molecular flexibility index (Phi) is 7.05. The van der Waals surface area contributed by atoms with Crippen LogP contribution < -0.4 is 0 Å². The molecule has 0 heterocycles. The summed E-state index contributed by atoms with van der Waals surface area (Å²) in [5, 5.41) is 0. The van der Waals surface area contributed by atoms with Gasteiger partial charge in [0.2, 0.25) is 0 Å². The predicted molar refractivity (Wildman–Crippen MR) is 98.8 cm³/mol. The summed E-state index contributed by atoms with van der Waals surface area (Å²) in [6, 6.07) is 19.2. The number of hydrogen-bond acceptors (Lipinski definition) is 4. The molecule has 0 bridgehead atoms. The third-order valence-electron chi connectivity index (χ3n) is 3.93. The molecule has 1 atom stereocenters. The van der Waals surface area contributed by atoms with Crippen LogP contribution in [-0.2, 0) is 24.2 Å². The minimum absolute atomic E-state index is 0.327. The van der Waals surface area contributed by atoms with Crippen LogP contribution in [0.4, 0.5) is 0 Å². The van der Waals surface area contributed by atoms with E-state index in [-0.39, 0.29) is 0 Å². The fraction of sp³-hybridized carbons (Fsp3) is 0.250. The van der Waals surface area contributed by atoms with Crippen LogP contribution in [0.3, 0.4) is 0 Å². The maximum atomic E-state index is 12.4. The van der Waals surface area contributed by atoms with E-state index in [0.717, 1.165) is 11.1 Å². The van der Waals surface area contributed by atoms with Crippen molar-refractivity contribution < 1.29 is 18.6 Å². The molecule has 0 amide bonds. The van der Waals surface area contributed by atoms with Crippen molar-refractivity contribution in [3.05, 3.63) is 83.9 Å². The second-order valence-electron chi connectivity index (χ2n) is 5.76. The van der Waals surface area contributed by atoms with Gasteiger partial charge in [0.1, 0.15) is 6.61 Å². The molecule has 0 aromatic heterocycles. The van der Waals surface area contributed by atoms with Crippen molar-refractivity contribution in [1.82, 2.24) is 0 Å². The molecule has 1 unspecified atom stereocenters. The van der Waals surface area contributed by atoms with Gasteiger partial charge in [0, 0.05) is 16.7 Å². The quantitative estimate of drug-likeness (QED) is 0.280. The van der Waals surface area contributed by atoms with Crippen LogP contribution in [0.2, 0.25) is 0 Å². The Morgan fingerprint density at radius 3 is 2.00 bits per heavy atom. The van der Waals surface area contributed by atoms with Crippen LogP contribution in [0.15, 0.2) is 72.8 Å². The Labute approximate surface area is 149 Å². The van der Waals surface area contributed by atoms with Crippen molar-refractivity contribution in [2.75, 3.05) is 6.61 Å². The van der Waals surface area contributed by atoms with E-state index in [1.807, 2.05) is 60.7 Å². The normalized spacial score (nSPS) is 11.2. The summed E-state index contributed by atoms with van der Waals surface area (Å²) in [5.74, 6) is -0.445. The lowest BCUT2D eigenvalue weighted by Crippen LogP contribution is -2.34. The van der Waals surface area contributed by atoms with Crippen molar-refractivity contribution in [3.8, 4) is 0 Å². The highest BCUT2D eigenvalue weighted by Crippen LogP contribution is 2.39. The smallest absolute Gasteiger partial charge is 0.446 e. The number of ether oxygens (including phenoxy) is 1. The van der Waals surface area contributed by atoms with Crippen LogP contribution in [-0.4, -0.2) is 12.6 Å². The van der Waals surface area contributed by atoms with E-state index in [2.05, 4.69) is 6.58 Å². The summed E-state index contributed by atoms with van der Waals surface area (Å²) >= 11 is 0. The molecule has 5 heteroatoms. The Balaban J connectivity index is 2.49. The topological polar surface area (TPSA) is 52.6 Å². The first-order chi connectivity index (χ1) is 12.1.